The zero-order valence-corrected chi connectivity index (χ0v) is 11.2. The summed E-state index contributed by atoms with van der Waals surface area (Å²) < 4.78 is 0. The molecule has 0 unspecified atom stereocenters. The third-order valence-corrected chi connectivity index (χ3v) is 4.34. The van der Waals surface area contributed by atoms with Crippen LogP contribution >= 0.6 is 0 Å². The number of rotatable bonds is 5. The minimum absolute atomic E-state index is 0.103. The van der Waals surface area contributed by atoms with Crippen molar-refractivity contribution in [2.24, 2.45) is 11.3 Å². The van der Waals surface area contributed by atoms with Gasteiger partial charge in [-0.3, -0.25) is 0 Å². The SMILES string of the molecule is O=C(NCC1(C2CC2)CC1)Nc1ccccc1C(=O)O. The summed E-state index contributed by atoms with van der Waals surface area (Å²) >= 11 is 0. The second-order valence-electron chi connectivity index (χ2n) is 5.80. The molecule has 1 aromatic carbocycles. The van der Waals surface area contributed by atoms with Gasteiger partial charge in [0.15, 0.2) is 0 Å². The molecular formula is C15H18N2O3. The Bertz CT molecular complexity index is 548. The lowest BCUT2D eigenvalue weighted by molar-refractivity contribution is 0.0698. The Morgan fingerprint density at radius 3 is 2.55 bits per heavy atom. The Hall–Kier alpha value is -2.04. The molecule has 2 amide bonds. The molecule has 0 radical (unpaired) electrons. The van der Waals surface area contributed by atoms with Crippen LogP contribution in [0.2, 0.25) is 0 Å². The smallest absolute Gasteiger partial charge is 0.337 e. The van der Waals surface area contributed by atoms with E-state index in [-0.39, 0.29) is 11.6 Å². The summed E-state index contributed by atoms with van der Waals surface area (Å²) in [6.07, 6.45) is 4.96. The van der Waals surface area contributed by atoms with E-state index in [1.807, 2.05) is 0 Å². The van der Waals surface area contributed by atoms with Gasteiger partial charge in [0.05, 0.1) is 11.3 Å². The van der Waals surface area contributed by atoms with Gasteiger partial charge in [-0.2, -0.15) is 0 Å². The lowest BCUT2D eigenvalue weighted by Gasteiger charge is -2.16. The fraction of sp³-hybridized carbons (Fsp3) is 0.467. The fourth-order valence-electron chi connectivity index (χ4n) is 2.79. The molecule has 0 aromatic heterocycles. The van der Waals surface area contributed by atoms with Crippen LogP contribution in [-0.4, -0.2) is 23.7 Å². The average Bonchev–Trinajstić information content (AvgIpc) is 3.28. The van der Waals surface area contributed by atoms with E-state index in [9.17, 15) is 9.59 Å². The molecule has 0 aliphatic heterocycles. The largest absolute Gasteiger partial charge is 0.478 e. The topological polar surface area (TPSA) is 78.4 Å². The molecule has 3 rings (SSSR count). The number of carboxylic acid groups (broad SMARTS) is 1. The van der Waals surface area contributed by atoms with Crippen LogP contribution in [0.15, 0.2) is 24.3 Å². The minimum atomic E-state index is -1.04. The number of para-hydroxylation sites is 1. The summed E-state index contributed by atoms with van der Waals surface area (Å²) in [5.41, 5.74) is 0.767. The Morgan fingerprint density at radius 2 is 1.95 bits per heavy atom. The standard InChI is InChI=1S/C15H18N2O3/c18-13(19)11-3-1-2-4-12(11)17-14(20)16-9-15(7-8-15)10-5-6-10/h1-4,10H,5-9H2,(H,18,19)(H2,16,17,20). The summed E-state index contributed by atoms with van der Waals surface area (Å²) in [5, 5.41) is 14.6. The third kappa shape index (κ3) is 2.61. The first kappa shape index (κ1) is 13.0. The number of benzene rings is 1. The van der Waals surface area contributed by atoms with E-state index in [0.29, 0.717) is 17.6 Å². The highest BCUT2D eigenvalue weighted by Gasteiger charge is 2.53. The second-order valence-corrected chi connectivity index (χ2v) is 5.80. The molecule has 5 heteroatoms. The van der Waals surface area contributed by atoms with Gasteiger partial charge in [0, 0.05) is 6.54 Å². The summed E-state index contributed by atoms with van der Waals surface area (Å²) in [6, 6.07) is 6.08. The molecule has 1 aromatic rings. The number of carbonyl (C=O) groups is 2. The lowest BCUT2D eigenvalue weighted by Crippen LogP contribution is -2.34. The highest BCUT2D eigenvalue weighted by molar-refractivity contribution is 5.99. The summed E-state index contributed by atoms with van der Waals surface area (Å²) in [7, 11) is 0. The number of amides is 2. The lowest BCUT2D eigenvalue weighted by atomic mass is 10.0. The number of hydrogen-bond donors (Lipinski definition) is 3. The molecule has 2 aliphatic carbocycles. The number of urea groups is 1. The van der Waals surface area contributed by atoms with E-state index in [0.717, 1.165) is 5.92 Å². The molecule has 0 atom stereocenters. The van der Waals surface area contributed by atoms with E-state index in [4.69, 9.17) is 5.11 Å². The van der Waals surface area contributed by atoms with Crippen LogP contribution in [0.3, 0.4) is 0 Å². The molecule has 5 nitrogen and oxygen atoms in total. The number of anilines is 1. The molecule has 0 bridgehead atoms. The van der Waals surface area contributed by atoms with Crippen molar-refractivity contribution in [3.05, 3.63) is 29.8 Å². The van der Waals surface area contributed by atoms with Gasteiger partial charge in [-0.15, -0.1) is 0 Å². The molecule has 3 N–H and O–H groups in total. The van der Waals surface area contributed by atoms with Gasteiger partial charge in [0.25, 0.3) is 0 Å². The predicted octanol–water partition coefficient (Wildman–Crippen LogP) is 2.70. The third-order valence-electron chi connectivity index (χ3n) is 4.34. The van der Waals surface area contributed by atoms with Crippen LogP contribution in [-0.2, 0) is 0 Å². The van der Waals surface area contributed by atoms with Gasteiger partial charge in [0.2, 0.25) is 0 Å². The molecule has 2 fully saturated rings. The maximum atomic E-state index is 11.9. The van der Waals surface area contributed by atoms with Crippen LogP contribution in [0.1, 0.15) is 36.0 Å². The summed E-state index contributed by atoms with van der Waals surface area (Å²) in [4.78, 5) is 22.9. The number of carbonyl (C=O) groups excluding carboxylic acids is 1. The van der Waals surface area contributed by atoms with Crippen molar-refractivity contribution in [1.82, 2.24) is 5.32 Å². The Morgan fingerprint density at radius 1 is 1.25 bits per heavy atom. The van der Waals surface area contributed by atoms with Crippen LogP contribution in [0.25, 0.3) is 0 Å². The quantitative estimate of drug-likeness (QED) is 0.772. The van der Waals surface area contributed by atoms with E-state index >= 15 is 0 Å². The van der Waals surface area contributed by atoms with E-state index in [1.54, 1.807) is 18.2 Å². The Kier molecular flexibility index (Phi) is 3.12. The number of hydrogen-bond acceptors (Lipinski definition) is 2. The average molecular weight is 274 g/mol. The van der Waals surface area contributed by atoms with Gasteiger partial charge >= 0.3 is 12.0 Å². The van der Waals surface area contributed by atoms with Gasteiger partial charge in [-0.1, -0.05) is 12.1 Å². The van der Waals surface area contributed by atoms with E-state index in [1.165, 1.54) is 31.7 Å². The van der Waals surface area contributed by atoms with Crippen LogP contribution in [0.5, 0.6) is 0 Å². The van der Waals surface area contributed by atoms with Crippen molar-refractivity contribution in [2.75, 3.05) is 11.9 Å². The van der Waals surface area contributed by atoms with Crippen molar-refractivity contribution < 1.29 is 14.7 Å². The molecule has 20 heavy (non-hydrogen) atoms. The maximum absolute atomic E-state index is 11.9. The molecule has 0 saturated heterocycles. The van der Waals surface area contributed by atoms with E-state index in [2.05, 4.69) is 10.6 Å². The number of carboxylic acids is 1. The van der Waals surface area contributed by atoms with Crippen molar-refractivity contribution in [1.29, 1.82) is 0 Å². The molecule has 2 aliphatic rings. The van der Waals surface area contributed by atoms with Crippen molar-refractivity contribution in [2.45, 2.75) is 25.7 Å². The van der Waals surface area contributed by atoms with Gasteiger partial charge < -0.3 is 15.7 Å². The first-order valence-corrected chi connectivity index (χ1v) is 6.98. The minimum Gasteiger partial charge on any atom is -0.478 e. The molecule has 0 heterocycles. The zero-order chi connectivity index (χ0) is 14.2. The van der Waals surface area contributed by atoms with Gasteiger partial charge in [-0.25, -0.2) is 9.59 Å². The van der Waals surface area contributed by atoms with Crippen molar-refractivity contribution in [3.8, 4) is 0 Å². The highest BCUT2D eigenvalue weighted by Crippen LogP contribution is 2.60. The second kappa shape index (κ2) is 4.81. The van der Waals surface area contributed by atoms with Crippen molar-refractivity contribution in [3.63, 3.8) is 0 Å². The molecule has 106 valence electrons. The Labute approximate surface area is 117 Å². The maximum Gasteiger partial charge on any atom is 0.337 e. The first-order valence-electron chi connectivity index (χ1n) is 6.98. The summed E-state index contributed by atoms with van der Waals surface area (Å²) in [6.45, 7) is 0.693. The molecule has 2 saturated carbocycles. The molecular weight excluding hydrogens is 256 g/mol. The normalized spacial score (nSPS) is 19.2. The fourth-order valence-corrected chi connectivity index (χ4v) is 2.79. The highest BCUT2D eigenvalue weighted by atomic mass is 16.4. The van der Waals surface area contributed by atoms with Crippen LogP contribution in [0.4, 0.5) is 10.5 Å². The summed E-state index contributed by atoms with van der Waals surface area (Å²) in [5.74, 6) is -0.258. The van der Waals surface area contributed by atoms with Gasteiger partial charge in [0.1, 0.15) is 0 Å². The van der Waals surface area contributed by atoms with Crippen LogP contribution < -0.4 is 10.6 Å². The monoisotopic (exact) mass is 274 g/mol. The number of nitrogens with one attached hydrogen (secondary N) is 2. The van der Waals surface area contributed by atoms with Crippen molar-refractivity contribution >= 4 is 17.7 Å². The Balaban J connectivity index is 1.57. The number of aromatic carboxylic acids is 1. The van der Waals surface area contributed by atoms with Crippen LogP contribution in [0, 0.1) is 11.3 Å². The van der Waals surface area contributed by atoms with Gasteiger partial charge in [-0.05, 0) is 49.1 Å². The predicted molar refractivity (Wildman–Crippen MR) is 74.8 cm³/mol. The van der Waals surface area contributed by atoms with E-state index < -0.39 is 5.97 Å². The zero-order valence-electron chi connectivity index (χ0n) is 11.2. The molecule has 0 spiro atoms. The first-order chi connectivity index (χ1) is 9.61.